The van der Waals surface area contributed by atoms with Gasteiger partial charge in [-0.2, -0.15) is 4.31 Å². The molecule has 1 aliphatic carbocycles. The second kappa shape index (κ2) is 5.72. The third-order valence-corrected chi connectivity index (χ3v) is 6.42. The molecule has 0 N–H and O–H groups in total. The Hall–Kier alpha value is -1.73. The van der Waals surface area contributed by atoms with Gasteiger partial charge in [-0.1, -0.05) is 35.5 Å². The maximum Gasteiger partial charge on any atom is 0.214 e. The molecule has 2 fully saturated rings. The molecule has 6 nitrogen and oxygen atoms in total. The van der Waals surface area contributed by atoms with Gasteiger partial charge in [0.2, 0.25) is 10.0 Å². The summed E-state index contributed by atoms with van der Waals surface area (Å²) in [6.07, 6.45) is 4.93. The molecule has 23 heavy (non-hydrogen) atoms. The zero-order chi connectivity index (χ0) is 15.9. The van der Waals surface area contributed by atoms with Crippen LogP contribution in [0.3, 0.4) is 0 Å². The van der Waals surface area contributed by atoms with Gasteiger partial charge in [-0.25, -0.2) is 13.1 Å². The number of sulfonamides is 1. The standard InChI is InChI=1S/C16H20N4O2S/c21-23(22,9-8-13-4-2-1-3-5-13)19-10-15(11-19)20-12-16(17-18-20)14-6-7-14/h1-5,12,14-15H,6-11H2. The molecular weight excluding hydrogens is 312 g/mol. The maximum atomic E-state index is 12.4. The molecule has 1 aromatic carbocycles. The molecule has 0 unspecified atom stereocenters. The van der Waals surface area contributed by atoms with Crippen LogP contribution in [0.15, 0.2) is 36.5 Å². The van der Waals surface area contributed by atoms with Crippen molar-refractivity contribution in [3.8, 4) is 0 Å². The van der Waals surface area contributed by atoms with Crippen molar-refractivity contribution in [2.45, 2.75) is 31.2 Å². The molecule has 1 saturated heterocycles. The van der Waals surface area contributed by atoms with Crippen LogP contribution in [0.4, 0.5) is 0 Å². The Morgan fingerprint density at radius 1 is 1.13 bits per heavy atom. The Balaban J connectivity index is 1.32. The largest absolute Gasteiger partial charge is 0.247 e. The highest BCUT2D eigenvalue weighted by Gasteiger charge is 2.37. The van der Waals surface area contributed by atoms with Gasteiger partial charge in [0.25, 0.3) is 0 Å². The number of aryl methyl sites for hydroxylation is 1. The van der Waals surface area contributed by atoms with Crippen molar-refractivity contribution in [2.75, 3.05) is 18.8 Å². The van der Waals surface area contributed by atoms with Gasteiger partial charge >= 0.3 is 0 Å². The number of hydrogen-bond acceptors (Lipinski definition) is 4. The predicted molar refractivity (Wildman–Crippen MR) is 86.5 cm³/mol. The summed E-state index contributed by atoms with van der Waals surface area (Å²) in [6, 6.07) is 9.85. The minimum absolute atomic E-state index is 0.126. The number of benzene rings is 1. The molecule has 7 heteroatoms. The first-order valence-electron chi connectivity index (χ1n) is 8.05. The van der Waals surface area contributed by atoms with E-state index in [1.807, 2.05) is 41.2 Å². The van der Waals surface area contributed by atoms with Crippen molar-refractivity contribution in [3.05, 3.63) is 47.8 Å². The Bertz CT molecular complexity index is 777. The molecule has 0 atom stereocenters. The fourth-order valence-corrected chi connectivity index (χ4v) is 4.42. The predicted octanol–water partition coefficient (Wildman–Crippen LogP) is 1.58. The van der Waals surface area contributed by atoms with Gasteiger partial charge in [-0.15, -0.1) is 5.10 Å². The molecule has 0 spiro atoms. The van der Waals surface area contributed by atoms with Crippen molar-refractivity contribution in [1.82, 2.24) is 19.3 Å². The van der Waals surface area contributed by atoms with Gasteiger partial charge < -0.3 is 0 Å². The molecule has 1 aliphatic heterocycles. The first kappa shape index (κ1) is 14.8. The second-order valence-corrected chi connectivity index (χ2v) is 8.51. The van der Waals surface area contributed by atoms with Crippen LogP contribution in [0.2, 0.25) is 0 Å². The smallest absolute Gasteiger partial charge is 0.214 e. The summed E-state index contributed by atoms with van der Waals surface area (Å²) in [7, 11) is -3.19. The van der Waals surface area contributed by atoms with E-state index in [0.717, 1.165) is 11.3 Å². The quantitative estimate of drug-likeness (QED) is 0.805. The third kappa shape index (κ3) is 3.16. The third-order valence-electron chi connectivity index (χ3n) is 4.61. The van der Waals surface area contributed by atoms with E-state index in [-0.39, 0.29) is 11.8 Å². The van der Waals surface area contributed by atoms with Gasteiger partial charge in [-0.3, -0.25) is 0 Å². The summed E-state index contributed by atoms with van der Waals surface area (Å²) in [5.41, 5.74) is 2.11. The first-order valence-corrected chi connectivity index (χ1v) is 9.66. The van der Waals surface area contributed by atoms with Crippen LogP contribution in [0, 0.1) is 0 Å². The average molecular weight is 332 g/mol. The van der Waals surface area contributed by atoms with Crippen molar-refractivity contribution >= 4 is 10.0 Å². The molecule has 122 valence electrons. The maximum absolute atomic E-state index is 12.4. The molecule has 2 aliphatic rings. The Kier molecular flexibility index (Phi) is 3.69. The SMILES string of the molecule is O=S(=O)(CCc1ccccc1)N1CC(n2cc(C3CC3)nn2)C1. The molecular formula is C16H20N4O2S. The van der Waals surface area contributed by atoms with E-state index in [4.69, 9.17) is 0 Å². The van der Waals surface area contributed by atoms with E-state index >= 15 is 0 Å². The lowest BCUT2D eigenvalue weighted by atomic mass is 10.2. The molecule has 4 rings (SSSR count). The summed E-state index contributed by atoms with van der Waals surface area (Å²) < 4.78 is 28.1. The molecule has 1 saturated carbocycles. The topological polar surface area (TPSA) is 68.1 Å². The van der Waals surface area contributed by atoms with Gasteiger partial charge in [0.1, 0.15) is 0 Å². The highest BCUT2D eigenvalue weighted by atomic mass is 32.2. The van der Waals surface area contributed by atoms with E-state index in [1.165, 1.54) is 12.8 Å². The lowest BCUT2D eigenvalue weighted by molar-refractivity contribution is 0.189. The molecule has 0 bridgehead atoms. The minimum atomic E-state index is -3.19. The summed E-state index contributed by atoms with van der Waals surface area (Å²) in [6.45, 7) is 1.01. The summed E-state index contributed by atoms with van der Waals surface area (Å²) in [4.78, 5) is 0. The van der Waals surface area contributed by atoms with Gasteiger partial charge in [-0.05, 0) is 24.8 Å². The van der Waals surface area contributed by atoms with Crippen molar-refractivity contribution in [1.29, 1.82) is 0 Å². The van der Waals surface area contributed by atoms with E-state index in [1.54, 1.807) is 4.31 Å². The monoisotopic (exact) mass is 332 g/mol. The van der Waals surface area contributed by atoms with Crippen LogP contribution < -0.4 is 0 Å². The van der Waals surface area contributed by atoms with Crippen molar-refractivity contribution in [3.63, 3.8) is 0 Å². The van der Waals surface area contributed by atoms with E-state index in [0.29, 0.717) is 25.4 Å². The summed E-state index contributed by atoms with van der Waals surface area (Å²) in [5, 5.41) is 8.34. The molecule has 2 aromatic rings. The number of nitrogens with zero attached hydrogens (tertiary/aromatic N) is 4. The second-order valence-electron chi connectivity index (χ2n) is 6.42. The van der Waals surface area contributed by atoms with Crippen LogP contribution in [0.1, 0.15) is 36.1 Å². The Morgan fingerprint density at radius 3 is 2.57 bits per heavy atom. The van der Waals surface area contributed by atoms with Gasteiger partial charge in [0, 0.05) is 25.2 Å². The van der Waals surface area contributed by atoms with Crippen molar-refractivity contribution in [2.24, 2.45) is 0 Å². The van der Waals surface area contributed by atoms with E-state index in [9.17, 15) is 8.42 Å². The highest BCUT2D eigenvalue weighted by molar-refractivity contribution is 7.89. The average Bonchev–Trinajstić information content (AvgIpc) is 3.24. The Labute approximate surface area is 136 Å². The minimum Gasteiger partial charge on any atom is -0.247 e. The fourth-order valence-electron chi connectivity index (χ4n) is 2.87. The normalized spacial score (nSPS) is 19.7. The van der Waals surface area contributed by atoms with Crippen LogP contribution >= 0.6 is 0 Å². The molecule has 2 heterocycles. The van der Waals surface area contributed by atoms with Crippen molar-refractivity contribution < 1.29 is 8.42 Å². The van der Waals surface area contributed by atoms with Gasteiger partial charge in [0.15, 0.2) is 0 Å². The molecule has 0 amide bonds. The van der Waals surface area contributed by atoms with Gasteiger partial charge in [0.05, 0.1) is 17.5 Å². The highest BCUT2D eigenvalue weighted by Crippen LogP contribution is 2.39. The zero-order valence-electron chi connectivity index (χ0n) is 12.9. The molecule has 1 aromatic heterocycles. The van der Waals surface area contributed by atoms with Crippen LogP contribution in [-0.4, -0.2) is 46.6 Å². The fraction of sp³-hybridized carbons (Fsp3) is 0.500. The van der Waals surface area contributed by atoms with Crippen LogP contribution in [0.25, 0.3) is 0 Å². The lowest BCUT2D eigenvalue weighted by Gasteiger charge is -2.37. The lowest BCUT2D eigenvalue weighted by Crippen LogP contribution is -2.51. The summed E-state index contributed by atoms with van der Waals surface area (Å²) in [5.74, 6) is 0.739. The summed E-state index contributed by atoms with van der Waals surface area (Å²) >= 11 is 0. The first-order chi connectivity index (χ1) is 11.1. The molecule has 0 radical (unpaired) electrons. The van der Waals surface area contributed by atoms with E-state index < -0.39 is 10.0 Å². The number of hydrogen-bond donors (Lipinski definition) is 0. The van der Waals surface area contributed by atoms with E-state index in [2.05, 4.69) is 10.3 Å². The zero-order valence-corrected chi connectivity index (χ0v) is 13.7. The number of rotatable bonds is 6. The number of aromatic nitrogens is 3. The van der Waals surface area contributed by atoms with Crippen LogP contribution in [-0.2, 0) is 16.4 Å². The van der Waals surface area contributed by atoms with Crippen LogP contribution in [0.5, 0.6) is 0 Å². The Morgan fingerprint density at radius 2 is 1.87 bits per heavy atom.